The number of carbonyl (C=O) groups is 1. The maximum atomic E-state index is 11.5. The third kappa shape index (κ3) is 11.8. The number of amides is 1. The SMILES string of the molecule is CNC(CCCCNC(=O)OC(C)(C)C)C(C)OC(C)(C)C. The highest BCUT2D eigenvalue weighted by atomic mass is 16.6. The molecule has 0 spiro atoms. The Morgan fingerprint density at radius 1 is 1.05 bits per heavy atom. The minimum atomic E-state index is -0.443. The van der Waals surface area contributed by atoms with Gasteiger partial charge >= 0.3 is 6.09 Å². The molecule has 132 valence electrons. The van der Waals surface area contributed by atoms with Gasteiger partial charge in [-0.1, -0.05) is 6.42 Å². The van der Waals surface area contributed by atoms with Crippen molar-refractivity contribution >= 4 is 6.09 Å². The zero-order valence-corrected chi connectivity index (χ0v) is 15.7. The third-order valence-electron chi connectivity index (χ3n) is 3.09. The van der Waals surface area contributed by atoms with Gasteiger partial charge in [0.2, 0.25) is 0 Å². The molecule has 2 unspecified atom stereocenters. The van der Waals surface area contributed by atoms with E-state index in [0.717, 1.165) is 19.3 Å². The molecule has 0 fully saturated rings. The first-order valence-electron chi connectivity index (χ1n) is 8.26. The topological polar surface area (TPSA) is 59.6 Å². The second-order valence-electron chi connectivity index (χ2n) is 7.75. The van der Waals surface area contributed by atoms with E-state index in [0.29, 0.717) is 12.6 Å². The zero-order valence-electron chi connectivity index (χ0n) is 15.7. The number of unbranched alkanes of at least 4 members (excludes halogenated alkanes) is 1. The second-order valence-corrected chi connectivity index (χ2v) is 7.75. The minimum Gasteiger partial charge on any atom is -0.444 e. The lowest BCUT2D eigenvalue weighted by molar-refractivity contribution is -0.0665. The van der Waals surface area contributed by atoms with Crippen molar-refractivity contribution in [3.05, 3.63) is 0 Å². The summed E-state index contributed by atoms with van der Waals surface area (Å²) in [5.41, 5.74) is -0.576. The van der Waals surface area contributed by atoms with Crippen LogP contribution >= 0.6 is 0 Å². The van der Waals surface area contributed by atoms with Crippen LogP contribution in [0.15, 0.2) is 0 Å². The molecule has 0 aliphatic carbocycles. The average molecular weight is 316 g/mol. The van der Waals surface area contributed by atoms with Crippen LogP contribution in [0.1, 0.15) is 67.7 Å². The van der Waals surface area contributed by atoms with Crippen LogP contribution in [0.4, 0.5) is 4.79 Å². The van der Waals surface area contributed by atoms with Gasteiger partial charge < -0.3 is 20.1 Å². The summed E-state index contributed by atoms with van der Waals surface area (Å²) < 4.78 is 11.2. The predicted molar refractivity (Wildman–Crippen MR) is 91.2 cm³/mol. The van der Waals surface area contributed by atoms with E-state index in [1.165, 1.54) is 0 Å². The van der Waals surface area contributed by atoms with Gasteiger partial charge in [-0.3, -0.25) is 0 Å². The van der Waals surface area contributed by atoms with Crippen LogP contribution in [0, 0.1) is 0 Å². The number of rotatable bonds is 8. The van der Waals surface area contributed by atoms with Crippen LogP contribution in [0.2, 0.25) is 0 Å². The quantitative estimate of drug-likeness (QED) is 0.673. The number of nitrogens with one attached hydrogen (secondary N) is 2. The van der Waals surface area contributed by atoms with E-state index >= 15 is 0 Å². The molecule has 22 heavy (non-hydrogen) atoms. The Hall–Kier alpha value is -0.810. The van der Waals surface area contributed by atoms with Crippen LogP contribution in [0.3, 0.4) is 0 Å². The normalized spacial score (nSPS) is 15.3. The van der Waals surface area contributed by atoms with Crippen molar-refractivity contribution in [2.24, 2.45) is 0 Å². The van der Waals surface area contributed by atoms with Gasteiger partial charge in [-0.05, 0) is 68.4 Å². The fourth-order valence-corrected chi connectivity index (χ4v) is 2.25. The summed E-state index contributed by atoms with van der Waals surface area (Å²) in [5.74, 6) is 0. The molecule has 2 N–H and O–H groups in total. The Bertz CT molecular complexity index is 319. The molecule has 0 heterocycles. The van der Waals surface area contributed by atoms with Crippen molar-refractivity contribution in [2.45, 2.75) is 91.1 Å². The van der Waals surface area contributed by atoms with Crippen LogP contribution in [-0.4, -0.2) is 43.0 Å². The molecule has 1 amide bonds. The first-order valence-corrected chi connectivity index (χ1v) is 8.26. The largest absolute Gasteiger partial charge is 0.444 e. The molecule has 2 atom stereocenters. The van der Waals surface area contributed by atoms with Crippen LogP contribution in [-0.2, 0) is 9.47 Å². The molecule has 0 saturated heterocycles. The monoisotopic (exact) mass is 316 g/mol. The summed E-state index contributed by atoms with van der Waals surface area (Å²) >= 11 is 0. The molecule has 0 saturated carbocycles. The van der Waals surface area contributed by atoms with E-state index in [4.69, 9.17) is 9.47 Å². The molecule has 0 radical (unpaired) electrons. The summed E-state index contributed by atoms with van der Waals surface area (Å²) in [4.78, 5) is 11.5. The molecule has 5 nitrogen and oxygen atoms in total. The maximum absolute atomic E-state index is 11.5. The van der Waals surface area contributed by atoms with Crippen LogP contribution < -0.4 is 10.6 Å². The second kappa shape index (κ2) is 9.36. The minimum absolute atomic E-state index is 0.132. The lowest BCUT2D eigenvalue weighted by Gasteiger charge is -2.30. The van der Waals surface area contributed by atoms with E-state index in [1.54, 1.807) is 0 Å². The highest BCUT2D eigenvalue weighted by molar-refractivity contribution is 5.67. The number of hydrogen-bond acceptors (Lipinski definition) is 4. The van der Waals surface area contributed by atoms with Gasteiger partial charge in [0.25, 0.3) is 0 Å². The van der Waals surface area contributed by atoms with Crippen molar-refractivity contribution in [3.63, 3.8) is 0 Å². The van der Waals surface area contributed by atoms with Crippen molar-refractivity contribution in [1.82, 2.24) is 10.6 Å². The number of alkyl carbamates (subject to hydrolysis) is 1. The number of ether oxygens (including phenoxy) is 2. The summed E-state index contributed by atoms with van der Waals surface area (Å²) in [6.07, 6.45) is 2.79. The van der Waals surface area contributed by atoms with Gasteiger partial charge in [0, 0.05) is 12.6 Å². The molecular weight excluding hydrogens is 280 g/mol. The van der Waals surface area contributed by atoms with Gasteiger partial charge in [-0.25, -0.2) is 4.79 Å². The van der Waals surface area contributed by atoms with E-state index in [9.17, 15) is 4.79 Å². The maximum Gasteiger partial charge on any atom is 0.407 e. The number of carbonyl (C=O) groups excluding carboxylic acids is 1. The Morgan fingerprint density at radius 2 is 1.64 bits per heavy atom. The Morgan fingerprint density at radius 3 is 2.09 bits per heavy atom. The first kappa shape index (κ1) is 21.2. The van der Waals surface area contributed by atoms with Crippen LogP contribution in [0.25, 0.3) is 0 Å². The average Bonchev–Trinajstić information content (AvgIpc) is 2.28. The smallest absolute Gasteiger partial charge is 0.407 e. The molecule has 0 aromatic rings. The third-order valence-corrected chi connectivity index (χ3v) is 3.09. The lowest BCUT2D eigenvalue weighted by Crippen LogP contribution is -2.41. The molecule has 0 aromatic heterocycles. The molecular formula is C17H36N2O3. The molecule has 0 bridgehead atoms. The highest BCUT2D eigenvalue weighted by Gasteiger charge is 2.21. The molecule has 0 rings (SSSR count). The Labute approximate surface area is 136 Å². The number of hydrogen-bond donors (Lipinski definition) is 2. The summed E-state index contributed by atoms with van der Waals surface area (Å²) in [6.45, 7) is 14.5. The number of likely N-dealkylation sites (N-methyl/N-ethyl adjacent to an activating group) is 1. The predicted octanol–water partition coefficient (Wildman–Crippen LogP) is 3.47. The Balaban J connectivity index is 3.91. The molecule has 0 aromatic carbocycles. The van der Waals surface area contributed by atoms with Gasteiger partial charge in [0.15, 0.2) is 0 Å². The van der Waals surface area contributed by atoms with Crippen molar-refractivity contribution in [2.75, 3.05) is 13.6 Å². The fourth-order valence-electron chi connectivity index (χ4n) is 2.25. The Kier molecular flexibility index (Phi) is 9.01. The summed E-state index contributed by atoms with van der Waals surface area (Å²) in [5, 5.41) is 6.10. The van der Waals surface area contributed by atoms with Crippen molar-refractivity contribution in [1.29, 1.82) is 0 Å². The van der Waals surface area contributed by atoms with E-state index < -0.39 is 5.60 Å². The van der Waals surface area contributed by atoms with Gasteiger partial charge in [0.1, 0.15) is 5.60 Å². The van der Waals surface area contributed by atoms with E-state index in [1.807, 2.05) is 27.8 Å². The van der Waals surface area contributed by atoms with Gasteiger partial charge in [0.05, 0.1) is 11.7 Å². The summed E-state index contributed by atoms with van der Waals surface area (Å²) in [6, 6.07) is 0.320. The molecule has 5 heteroatoms. The van der Waals surface area contributed by atoms with Crippen LogP contribution in [0.5, 0.6) is 0 Å². The van der Waals surface area contributed by atoms with Crippen molar-refractivity contribution in [3.8, 4) is 0 Å². The lowest BCUT2D eigenvalue weighted by atomic mass is 10.0. The fraction of sp³-hybridized carbons (Fsp3) is 0.941. The van der Waals surface area contributed by atoms with E-state index in [-0.39, 0.29) is 17.8 Å². The standard InChI is InChI=1S/C17H36N2O3/c1-13(21-16(2,3)4)14(18-8)11-9-10-12-19-15(20)22-17(5,6)7/h13-14,18H,9-12H2,1-8H3,(H,19,20). The summed E-state index contributed by atoms with van der Waals surface area (Å²) in [7, 11) is 1.96. The zero-order chi connectivity index (χ0) is 17.4. The molecule has 0 aliphatic heterocycles. The van der Waals surface area contributed by atoms with Crippen molar-refractivity contribution < 1.29 is 14.3 Å². The molecule has 0 aliphatic rings. The van der Waals surface area contributed by atoms with Gasteiger partial charge in [-0.2, -0.15) is 0 Å². The van der Waals surface area contributed by atoms with Gasteiger partial charge in [-0.15, -0.1) is 0 Å². The highest BCUT2D eigenvalue weighted by Crippen LogP contribution is 2.15. The van der Waals surface area contributed by atoms with E-state index in [2.05, 4.69) is 38.3 Å². The first-order chi connectivity index (χ1) is 9.94.